The van der Waals surface area contributed by atoms with Crippen LogP contribution in [-0.2, 0) is 6.42 Å². The minimum Gasteiger partial charge on any atom is -0.477 e. The van der Waals surface area contributed by atoms with Crippen molar-refractivity contribution in [3.8, 4) is 0 Å². The van der Waals surface area contributed by atoms with Gasteiger partial charge in [-0.25, -0.2) is 9.78 Å². The third kappa shape index (κ3) is 1.91. The molecular weight excluding hydrogens is 204 g/mol. The van der Waals surface area contributed by atoms with Crippen LogP contribution in [-0.4, -0.2) is 20.5 Å². The lowest BCUT2D eigenvalue weighted by molar-refractivity contribution is 0.0689. The van der Waals surface area contributed by atoms with Crippen molar-refractivity contribution < 1.29 is 9.90 Å². The molecule has 2 heterocycles. The van der Waals surface area contributed by atoms with E-state index in [1.54, 1.807) is 22.7 Å². The first-order valence-electron chi connectivity index (χ1n) is 5.28. The number of rotatable bonds is 3. The van der Waals surface area contributed by atoms with E-state index in [2.05, 4.69) is 18.8 Å². The van der Waals surface area contributed by atoms with E-state index < -0.39 is 5.97 Å². The maximum atomic E-state index is 11.0. The summed E-state index contributed by atoms with van der Waals surface area (Å²) in [4.78, 5) is 15.4. The number of carboxylic acid groups (broad SMARTS) is 1. The van der Waals surface area contributed by atoms with Gasteiger partial charge in [-0.15, -0.1) is 0 Å². The molecule has 2 aromatic rings. The molecule has 0 radical (unpaired) electrons. The zero-order valence-electron chi connectivity index (χ0n) is 9.34. The number of aromatic carboxylic acids is 1. The van der Waals surface area contributed by atoms with Crippen LogP contribution in [0.5, 0.6) is 0 Å². The Balaban J connectivity index is 2.52. The summed E-state index contributed by atoms with van der Waals surface area (Å²) in [6, 6.07) is 5.11. The third-order valence-electron chi connectivity index (χ3n) is 2.38. The second-order valence-corrected chi connectivity index (χ2v) is 4.27. The quantitative estimate of drug-likeness (QED) is 0.859. The van der Waals surface area contributed by atoms with Gasteiger partial charge in [0.15, 0.2) is 0 Å². The van der Waals surface area contributed by atoms with Crippen molar-refractivity contribution in [2.24, 2.45) is 5.92 Å². The SMILES string of the molecule is CC(C)Cc1cn2c(C(=O)O)cccc2n1. The van der Waals surface area contributed by atoms with Gasteiger partial charge in [0.1, 0.15) is 11.3 Å². The standard InChI is InChI=1S/C12H14N2O2/c1-8(2)6-9-7-14-10(12(15)16)4-3-5-11(14)13-9/h3-5,7-8H,6H2,1-2H3,(H,15,16). The van der Waals surface area contributed by atoms with E-state index in [4.69, 9.17) is 5.11 Å². The van der Waals surface area contributed by atoms with Gasteiger partial charge < -0.3 is 5.11 Å². The largest absolute Gasteiger partial charge is 0.477 e. The first kappa shape index (κ1) is 10.7. The Bertz CT molecular complexity index is 529. The molecule has 0 atom stereocenters. The summed E-state index contributed by atoms with van der Waals surface area (Å²) in [5, 5.41) is 9.03. The van der Waals surface area contributed by atoms with Crippen LogP contribution in [0.25, 0.3) is 5.65 Å². The number of carbonyl (C=O) groups is 1. The predicted octanol–water partition coefficient (Wildman–Crippen LogP) is 2.23. The van der Waals surface area contributed by atoms with Crippen LogP contribution in [0.2, 0.25) is 0 Å². The number of imidazole rings is 1. The number of hydrogen-bond acceptors (Lipinski definition) is 2. The molecule has 4 heteroatoms. The van der Waals surface area contributed by atoms with Gasteiger partial charge in [-0.1, -0.05) is 19.9 Å². The molecule has 0 bridgehead atoms. The normalized spacial score (nSPS) is 11.2. The second-order valence-electron chi connectivity index (χ2n) is 4.27. The Morgan fingerprint density at radius 2 is 2.25 bits per heavy atom. The summed E-state index contributed by atoms with van der Waals surface area (Å²) in [7, 11) is 0. The number of aromatic nitrogens is 2. The van der Waals surface area contributed by atoms with Gasteiger partial charge in [-0.3, -0.25) is 4.40 Å². The maximum absolute atomic E-state index is 11.0. The lowest BCUT2D eigenvalue weighted by atomic mass is 10.1. The highest BCUT2D eigenvalue weighted by Gasteiger charge is 2.10. The van der Waals surface area contributed by atoms with Crippen LogP contribution in [0.15, 0.2) is 24.4 Å². The predicted molar refractivity (Wildman–Crippen MR) is 60.7 cm³/mol. The van der Waals surface area contributed by atoms with Gasteiger partial charge in [-0.2, -0.15) is 0 Å². The molecule has 2 aromatic heterocycles. The number of hydrogen-bond donors (Lipinski definition) is 1. The highest BCUT2D eigenvalue weighted by molar-refractivity contribution is 5.86. The summed E-state index contributed by atoms with van der Waals surface area (Å²) in [5.41, 5.74) is 1.87. The molecule has 16 heavy (non-hydrogen) atoms. The van der Waals surface area contributed by atoms with Gasteiger partial charge in [0.05, 0.1) is 5.69 Å². The third-order valence-corrected chi connectivity index (χ3v) is 2.38. The summed E-state index contributed by atoms with van der Waals surface area (Å²) in [5.74, 6) is -0.419. The molecule has 0 aliphatic carbocycles. The topological polar surface area (TPSA) is 54.6 Å². The van der Waals surface area contributed by atoms with Gasteiger partial charge in [0.25, 0.3) is 0 Å². The Morgan fingerprint density at radius 1 is 1.50 bits per heavy atom. The van der Waals surface area contributed by atoms with E-state index in [0.717, 1.165) is 12.1 Å². The molecule has 0 saturated carbocycles. The van der Waals surface area contributed by atoms with Gasteiger partial charge in [-0.05, 0) is 24.5 Å². The van der Waals surface area contributed by atoms with Gasteiger partial charge in [0, 0.05) is 6.20 Å². The number of carboxylic acids is 1. The van der Waals surface area contributed by atoms with E-state index in [-0.39, 0.29) is 5.69 Å². The van der Waals surface area contributed by atoms with Crippen molar-refractivity contribution >= 4 is 11.6 Å². The molecule has 0 unspecified atom stereocenters. The Morgan fingerprint density at radius 3 is 2.88 bits per heavy atom. The molecular formula is C12H14N2O2. The smallest absolute Gasteiger partial charge is 0.352 e. The summed E-state index contributed by atoms with van der Waals surface area (Å²) < 4.78 is 1.63. The summed E-state index contributed by atoms with van der Waals surface area (Å²) in [6.07, 6.45) is 2.67. The summed E-state index contributed by atoms with van der Waals surface area (Å²) >= 11 is 0. The zero-order valence-corrected chi connectivity index (χ0v) is 9.34. The fourth-order valence-electron chi connectivity index (χ4n) is 1.75. The molecule has 2 rings (SSSR count). The average molecular weight is 218 g/mol. The van der Waals surface area contributed by atoms with Crippen LogP contribution in [0, 0.1) is 5.92 Å². The lowest BCUT2D eigenvalue weighted by Crippen LogP contribution is -2.03. The molecule has 0 saturated heterocycles. The van der Waals surface area contributed by atoms with Crippen molar-refractivity contribution in [2.75, 3.05) is 0 Å². The Kier molecular flexibility index (Phi) is 2.64. The highest BCUT2D eigenvalue weighted by Crippen LogP contribution is 2.12. The number of nitrogens with zero attached hydrogens (tertiary/aromatic N) is 2. The summed E-state index contributed by atoms with van der Waals surface area (Å²) in [6.45, 7) is 4.23. The molecule has 0 amide bonds. The zero-order chi connectivity index (χ0) is 11.7. The van der Waals surface area contributed by atoms with E-state index in [0.29, 0.717) is 11.6 Å². The highest BCUT2D eigenvalue weighted by atomic mass is 16.4. The first-order valence-corrected chi connectivity index (χ1v) is 5.28. The molecule has 0 aliphatic rings. The minimum atomic E-state index is -0.931. The van der Waals surface area contributed by atoms with Crippen LogP contribution in [0.1, 0.15) is 30.0 Å². The fourth-order valence-corrected chi connectivity index (χ4v) is 1.75. The second kappa shape index (κ2) is 3.96. The average Bonchev–Trinajstić information content (AvgIpc) is 2.57. The molecule has 0 aromatic carbocycles. The first-order chi connectivity index (χ1) is 7.58. The number of fused-ring (bicyclic) bond motifs is 1. The van der Waals surface area contributed by atoms with E-state index in [1.165, 1.54) is 0 Å². The van der Waals surface area contributed by atoms with E-state index in [1.807, 2.05) is 6.07 Å². The Hall–Kier alpha value is -1.84. The van der Waals surface area contributed by atoms with Crippen LogP contribution < -0.4 is 0 Å². The van der Waals surface area contributed by atoms with E-state index >= 15 is 0 Å². The van der Waals surface area contributed by atoms with Crippen LogP contribution in [0.4, 0.5) is 0 Å². The van der Waals surface area contributed by atoms with Crippen molar-refractivity contribution in [1.82, 2.24) is 9.38 Å². The van der Waals surface area contributed by atoms with Gasteiger partial charge in [0.2, 0.25) is 0 Å². The molecule has 84 valence electrons. The lowest BCUT2D eigenvalue weighted by Gasteiger charge is -1.99. The van der Waals surface area contributed by atoms with Crippen molar-refractivity contribution in [3.63, 3.8) is 0 Å². The maximum Gasteiger partial charge on any atom is 0.352 e. The van der Waals surface area contributed by atoms with Crippen LogP contribution in [0.3, 0.4) is 0 Å². The van der Waals surface area contributed by atoms with Crippen molar-refractivity contribution in [2.45, 2.75) is 20.3 Å². The van der Waals surface area contributed by atoms with Crippen molar-refractivity contribution in [3.05, 3.63) is 35.8 Å². The molecule has 4 nitrogen and oxygen atoms in total. The molecule has 1 N–H and O–H groups in total. The molecule has 0 fully saturated rings. The number of pyridine rings is 1. The van der Waals surface area contributed by atoms with E-state index in [9.17, 15) is 4.79 Å². The molecule has 0 spiro atoms. The fraction of sp³-hybridized carbons (Fsp3) is 0.333. The molecule has 0 aliphatic heterocycles. The van der Waals surface area contributed by atoms with Crippen molar-refractivity contribution in [1.29, 1.82) is 0 Å². The minimum absolute atomic E-state index is 0.250. The van der Waals surface area contributed by atoms with Crippen LogP contribution >= 0.6 is 0 Å². The Labute approximate surface area is 93.5 Å². The van der Waals surface area contributed by atoms with Gasteiger partial charge >= 0.3 is 5.97 Å². The monoisotopic (exact) mass is 218 g/mol.